The number of amides is 1. The fourth-order valence-electron chi connectivity index (χ4n) is 2.17. The molecule has 104 valence electrons. The van der Waals surface area contributed by atoms with Crippen molar-refractivity contribution >= 4 is 11.9 Å². The van der Waals surface area contributed by atoms with Gasteiger partial charge in [-0.2, -0.15) is 0 Å². The molecule has 5 heteroatoms. The third-order valence-corrected chi connectivity index (χ3v) is 3.71. The van der Waals surface area contributed by atoms with Crippen LogP contribution < -0.4 is 5.32 Å². The highest BCUT2D eigenvalue weighted by molar-refractivity contribution is 5.81. The highest BCUT2D eigenvalue weighted by atomic mass is 16.5. The van der Waals surface area contributed by atoms with Crippen LogP contribution in [0.2, 0.25) is 0 Å². The zero-order valence-corrected chi connectivity index (χ0v) is 11.6. The van der Waals surface area contributed by atoms with Crippen LogP contribution in [0.15, 0.2) is 0 Å². The van der Waals surface area contributed by atoms with Crippen LogP contribution in [0.4, 0.5) is 0 Å². The zero-order valence-electron chi connectivity index (χ0n) is 11.6. The monoisotopic (exact) mass is 256 g/mol. The second-order valence-electron chi connectivity index (χ2n) is 5.05. The first kappa shape index (κ1) is 15.0. The van der Waals surface area contributed by atoms with Crippen molar-refractivity contribution < 1.29 is 14.3 Å². The van der Waals surface area contributed by atoms with Gasteiger partial charge in [-0.1, -0.05) is 0 Å². The third-order valence-electron chi connectivity index (χ3n) is 3.71. The van der Waals surface area contributed by atoms with E-state index in [9.17, 15) is 9.59 Å². The molecule has 18 heavy (non-hydrogen) atoms. The van der Waals surface area contributed by atoms with Crippen molar-refractivity contribution in [1.82, 2.24) is 10.2 Å². The van der Waals surface area contributed by atoms with Crippen LogP contribution in [0.25, 0.3) is 0 Å². The van der Waals surface area contributed by atoms with E-state index >= 15 is 0 Å². The smallest absolute Gasteiger partial charge is 0.306 e. The summed E-state index contributed by atoms with van der Waals surface area (Å²) in [5.41, 5.74) is 0.125. The average Bonchev–Trinajstić information content (AvgIpc) is 2.24. The van der Waals surface area contributed by atoms with Gasteiger partial charge in [0.15, 0.2) is 0 Å². The van der Waals surface area contributed by atoms with Crippen molar-refractivity contribution in [3.63, 3.8) is 0 Å². The molecular weight excluding hydrogens is 232 g/mol. The highest BCUT2D eigenvalue weighted by Gasteiger charge is 2.39. The fraction of sp³-hybridized carbons (Fsp3) is 0.846. The lowest BCUT2D eigenvalue weighted by Crippen LogP contribution is -2.57. The molecule has 1 rings (SSSR count). The Morgan fingerprint density at radius 3 is 2.39 bits per heavy atom. The molecule has 1 amide bonds. The molecule has 0 bridgehead atoms. The normalized spacial score (nSPS) is 17.1. The molecule has 1 N–H and O–H groups in total. The second kappa shape index (κ2) is 6.73. The Morgan fingerprint density at radius 1 is 1.28 bits per heavy atom. The molecule has 0 atom stereocenters. The lowest BCUT2D eigenvalue weighted by molar-refractivity contribution is -0.144. The molecular formula is C13H24N2O3. The van der Waals surface area contributed by atoms with Gasteiger partial charge in [-0.3, -0.25) is 9.59 Å². The Hall–Kier alpha value is -1.10. The third kappa shape index (κ3) is 3.98. The van der Waals surface area contributed by atoms with Gasteiger partial charge < -0.3 is 15.0 Å². The van der Waals surface area contributed by atoms with E-state index < -0.39 is 0 Å². The molecule has 1 aliphatic rings. The first-order valence-corrected chi connectivity index (χ1v) is 6.60. The minimum atomic E-state index is -0.307. The first-order chi connectivity index (χ1) is 8.50. The van der Waals surface area contributed by atoms with Crippen molar-refractivity contribution in [3.8, 4) is 0 Å². The predicted molar refractivity (Wildman–Crippen MR) is 69.1 cm³/mol. The molecule has 0 aliphatic heterocycles. The SMILES string of the molecule is CCOC(=O)CCC(=O)NCC1(N(C)C)CCC1. The molecule has 0 radical (unpaired) electrons. The van der Waals surface area contributed by atoms with Gasteiger partial charge in [-0.15, -0.1) is 0 Å². The topological polar surface area (TPSA) is 58.6 Å². The van der Waals surface area contributed by atoms with E-state index in [4.69, 9.17) is 4.74 Å². The fourth-order valence-corrected chi connectivity index (χ4v) is 2.17. The molecule has 1 fully saturated rings. The Labute approximate surface area is 109 Å². The van der Waals surface area contributed by atoms with E-state index in [-0.39, 0.29) is 30.3 Å². The van der Waals surface area contributed by atoms with Crippen LogP contribution in [0.5, 0.6) is 0 Å². The summed E-state index contributed by atoms with van der Waals surface area (Å²) in [5, 5.41) is 2.92. The number of esters is 1. The van der Waals surface area contributed by atoms with Gasteiger partial charge in [-0.05, 0) is 40.3 Å². The van der Waals surface area contributed by atoms with Crippen molar-refractivity contribution in [2.45, 2.75) is 44.6 Å². The van der Waals surface area contributed by atoms with Gasteiger partial charge in [-0.25, -0.2) is 0 Å². The maximum absolute atomic E-state index is 11.6. The van der Waals surface area contributed by atoms with Gasteiger partial charge in [0.25, 0.3) is 0 Å². The van der Waals surface area contributed by atoms with E-state index in [0.717, 1.165) is 12.8 Å². The van der Waals surface area contributed by atoms with Gasteiger partial charge in [0.1, 0.15) is 0 Å². The van der Waals surface area contributed by atoms with Gasteiger partial charge in [0, 0.05) is 18.5 Å². The van der Waals surface area contributed by atoms with Crippen molar-refractivity contribution in [2.75, 3.05) is 27.2 Å². The van der Waals surface area contributed by atoms with Crippen LogP contribution in [0, 0.1) is 0 Å². The Bertz CT molecular complexity index is 299. The summed E-state index contributed by atoms with van der Waals surface area (Å²) in [5.74, 6) is -0.380. The maximum atomic E-state index is 11.6. The number of nitrogens with zero attached hydrogens (tertiary/aromatic N) is 1. The molecule has 0 saturated heterocycles. The van der Waals surface area contributed by atoms with Crippen LogP contribution in [-0.2, 0) is 14.3 Å². The van der Waals surface area contributed by atoms with Gasteiger partial charge in [0.2, 0.25) is 5.91 Å². The van der Waals surface area contributed by atoms with Crippen molar-refractivity contribution in [1.29, 1.82) is 0 Å². The van der Waals surface area contributed by atoms with Crippen LogP contribution in [0.3, 0.4) is 0 Å². The largest absolute Gasteiger partial charge is 0.466 e. The van der Waals surface area contributed by atoms with E-state index in [1.807, 2.05) is 14.1 Å². The lowest BCUT2D eigenvalue weighted by Gasteiger charge is -2.47. The van der Waals surface area contributed by atoms with E-state index in [1.165, 1.54) is 6.42 Å². The molecule has 1 aliphatic carbocycles. The molecule has 1 saturated carbocycles. The highest BCUT2D eigenvalue weighted by Crippen LogP contribution is 2.35. The van der Waals surface area contributed by atoms with Crippen LogP contribution >= 0.6 is 0 Å². The summed E-state index contributed by atoms with van der Waals surface area (Å²) >= 11 is 0. The number of ether oxygens (including phenoxy) is 1. The number of likely N-dealkylation sites (N-methyl/N-ethyl adjacent to an activating group) is 1. The van der Waals surface area contributed by atoms with Gasteiger partial charge in [0.05, 0.1) is 13.0 Å². The van der Waals surface area contributed by atoms with E-state index in [1.54, 1.807) is 6.92 Å². The molecule has 0 aromatic rings. The van der Waals surface area contributed by atoms with Crippen LogP contribution in [0.1, 0.15) is 39.0 Å². The van der Waals surface area contributed by atoms with Crippen molar-refractivity contribution in [2.24, 2.45) is 0 Å². The number of hydrogen-bond acceptors (Lipinski definition) is 4. The van der Waals surface area contributed by atoms with E-state index in [2.05, 4.69) is 10.2 Å². The summed E-state index contributed by atoms with van der Waals surface area (Å²) in [6.45, 7) is 2.79. The number of rotatable bonds is 7. The zero-order chi connectivity index (χ0) is 13.6. The molecule has 0 heterocycles. The number of carbonyl (C=O) groups excluding carboxylic acids is 2. The molecule has 0 aromatic carbocycles. The molecule has 5 nitrogen and oxygen atoms in total. The second-order valence-corrected chi connectivity index (χ2v) is 5.05. The summed E-state index contributed by atoms with van der Waals surface area (Å²) in [7, 11) is 4.09. The number of hydrogen-bond donors (Lipinski definition) is 1. The lowest BCUT2D eigenvalue weighted by atomic mass is 9.75. The standard InChI is InChI=1S/C13H24N2O3/c1-4-18-12(17)7-6-11(16)14-10-13(15(2)3)8-5-9-13/h4-10H2,1-3H3,(H,14,16). The average molecular weight is 256 g/mol. The first-order valence-electron chi connectivity index (χ1n) is 6.60. The molecule has 0 aromatic heterocycles. The molecule has 0 spiro atoms. The number of carbonyl (C=O) groups is 2. The van der Waals surface area contributed by atoms with E-state index in [0.29, 0.717) is 13.2 Å². The minimum Gasteiger partial charge on any atom is -0.466 e. The summed E-state index contributed by atoms with van der Waals surface area (Å²) < 4.78 is 4.78. The van der Waals surface area contributed by atoms with Crippen LogP contribution in [-0.4, -0.2) is 49.6 Å². The van der Waals surface area contributed by atoms with Crippen molar-refractivity contribution in [3.05, 3.63) is 0 Å². The summed E-state index contributed by atoms with van der Waals surface area (Å²) in [6, 6.07) is 0. The van der Waals surface area contributed by atoms with Gasteiger partial charge >= 0.3 is 5.97 Å². The Balaban J connectivity index is 2.22. The summed E-state index contributed by atoms with van der Waals surface area (Å²) in [6.07, 6.45) is 3.84. The number of nitrogens with one attached hydrogen (secondary N) is 1. The summed E-state index contributed by atoms with van der Waals surface area (Å²) in [4.78, 5) is 24.9. The predicted octanol–water partition coefficient (Wildman–Crippen LogP) is 0.930. The Kier molecular flexibility index (Phi) is 5.59. The Morgan fingerprint density at radius 2 is 1.94 bits per heavy atom. The minimum absolute atomic E-state index is 0.0730. The molecule has 0 unspecified atom stereocenters. The maximum Gasteiger partial charge on any atom is 0.306 e. The quantitative estimate of drug-likeness (QED) is 0.688.